The lowest BCUT2D eigenvalue weighted by Gasteiger charge is -2.12. The first-order valence-electron chi connectivity index (χ1n) is 7.84. The second kappa shape index (κ2) is 8.73. The summed E-state index contributed by atoms with van der Waals surface area (Å²) in [4.78, 5) is 23.3. The zero-order chi connectivity index (χ0) is 18.2. The summed E-state index contributed by atoms with van der Waals surface area (Å²) in [6, 6.07) is 12.1. The molecule has 1 amide bonds. The smallest absolute Gasteiger partial charge is 0.335 e. The van der Waals surface area contributed by atoms with Crippen LogP contribution in [0.25, 0.3) is 0 Å². The van der Waals surface area contributed by atoms with Crippen molar-refractivity contribution in [1.29, 1.82) is 0 Å². The van der Waals surface area contributed by atoms with Crippen molar-refractivity contribution < 1.29 is 24.2 Å². The van der Waals surface area contributed by atoms with Crippen molar-refractivity contribution in [3.8, 4) is 11.5 Å². The van der Waals surface area contributed by atoms with Crippen LogP contribution in [0, 0.1) is 0 Å². The Morgan fingerprint density at radius 3 is 2.48 bits per heavy atom. The Labute approximate surface area is 146 Å². The minimum atomic E-state index is -0.989. The van der Waals surface area contributed by atoms with E-state index < -0.39 is 5.97 Å². The van der Waals surface area contributed by atoms with Gasteiger partial charge in [0.05, 0.1) is 19.8 Å². The van der Waals surface area contributed by atoms with E-state index in [1.807, 2.05) is 0 Å². The van der Waals surface area contributed by atoms with Crippen molar-refractivity contribution in [2.75, 3.05) is 14.2 Å². The van der Waals surface area contributed by atoms with Gasteiger partial charge in [0.25, 0.3) is 0 Å². The highest BCUT2D eigenvalue weighted by atomic mass is 16.5. The van der Waals surface area contributed by atoms with Gasteiger partial charge in [-0.05, 0) is 36.2 Å². The van der Waals surface area contributed by atoms with Crippen molar-refractivity contribution in [3.05, 3.63) is 59.2 Å². The van der Waals surface area contributed by atoms with Crippen LogP contribution >= 0.6 is 0 Å². The van der Waals surface area contributed by atoms with Gasteiger partial charge in [0, 0.05) is 18.5 Å². The van der Waals surface area contributed by atoms with E-state index in [1.165, 1.54) is 6.07 Å². The normalized spacial score (nSPS) is 10.2. The van der Waals surface area contributed by atoms with Crippen molar-refractivity contribution in [3.63, 3.8) is 0 Å². The molecule has 25 heavy (non-hydrogen) atoms. The van der Waals surface area contributed by atoms with Crippen molar-refractivity contribution >= 4 is 11.9 Å². The third-order valence-electron chi connectivity index (χ3n) is 3.83. The summed E-state index contributed by atoms with van der Waals surface area (Å²) in [7, 11) is 3.14. The predicted molar refractivity (Wildman–Crippen MR) is 93.1 cm³/mol. The number of aromatic carboxylic acids is 1. The molecule has 0 saturated carbocycles. The molecule has 132 valence electrons. The summed E-state index contributed by atoms with van der Waals surface area (Å²) in [5, 5.41) is 12.0. The van der Waals surface area contributed by atoms with Crippen LogP contribution in [-0.2, 0) is 17.8 Å². The summed E-state index contributed by atoms with van der Waals surface area (Å²) < 4.78 is 10.5. The van der Waals surface area contributed by atoms with E-state index in [-0.39, 0.29) is 17.9 Å². The van der Waals surface area contributed by atoms with Gasteiger partial charge in [-0.15, -0.1) is 0 Å². The van der Waals surface area contributed by atoms with E-state index in [0.717, 1.165) is 5.56 Å². The minimum absolute atomic E-state index is 0.162. The molecule has 6 heteroatoms. The summed E-state index contributed by atoms with van der Waals surface area (Å²) in [6.45, 7) is 0.305. The number of methoxy groups -OCH3 is 2. The highest BCUT2D eigenvalue weighted by Gasteiger charge is 2.11. The minimum Gasteiger partial charge on any atom is -0.497 e. The average Bonchev–Trinajstić information content (AvgIpc) is 2.64. The van der Waals surface area contributed by atoms with Crippen LogP contribution in [0.4, 0.5) is 0 Å². The molecule has 0 radical (unpaired) electrons. The molecule has 2 N–H and O–H groups in total. The molecule has 2 rings (SSSR count). The number of benzene rings is 2. The largest absolute Gasteiger partial charge is 0.497 e. The number of hydrogen-bond donors (Lipinski definition) is 2. The summed E-state index contributed by atoms with van der Waals surface area (Å²) in [6.07, 6.45) is 0.570. The fourth-order valence-corrected chi connectivity index (χ4v) is 2.50. The second-order valence-corrected chi connectivity index (χ2v) is 5.42. The maximum Gasteiger partial charge on any atom is 0.335 e. The van der Waals surface area contributed by atoms with Crippen LogP contribution < -0.4 is 14.8 Å². The van der Waals surface area contributed by atoms with Gasteiger partial charge in [0.1, 0.15) is 11.5 Å². The van der Waals surface area contributed by atoms with Gasteiger partial charge >= 0.3 is 5.97 Å². The number of carbonyl (C=O) groups excluding carboxylic acids is 1. The van der Waals surface area contributed by atoms with Crippen molar-refractivity contribution in [2.24, 2.45) is 0 Å². The Kier molecular flexibility index (Phi) is 6.39. The van der Waals surface area contributed by atoms with E-state index in [0.29, 0.717) is 30.0 Å². The zero-order valence-corrected chi connectivity index (χ0v) is 14.2. The number of carboxylic acids is 1. The lowest BCUT2D eigenvalue weighted by atomic mass is 10.0. The quantitative estimate of drug-likeness (QED) is 0.770. The number of rotatable bonds is 8. The molecule has 0 fully saturated rings. The fraction of sp³-hybridized carbons (Fsp3) is 0.263. The highest BCUT2D eigenvalue weighted by Crippen LogP contribution is 2.23. The standard InChI is InChI=1S/C19H21NO5/c1-24-15-8-9-17(25-2)14(11-15)12-20-18(21)10-7-13-5-3-4-6-16(13)19(22)23/h3-6,8-9,11H,7,10,12H2,1-2H3,(H,20,21)(H,22,23). The van der Waals surface area contributed by atoms with Crippen LogP contribution in [0.5, 0.6) is 11.5 Å². The predicted octanol–water partition coefficient (Wildman–Crippen LogP) is 2.65. The number of amides is 1. The molecule has 0 aliphatic rings. The fourth-order valence-electron chi connectivity index (χ4n) is 2.50. The first-order valence-corrected chi connectivity index (χ1v) is 7.84. The molecule has 2 aromatic rings. The number of nitrogens with one attached hydrogen (secondary N) is 1. The van der Waals surface area contributed by atoms with Crippen molar-refractivity contribution in [2.45, 2.75) is 19.4 Å². The Hall–Kier alpha value is -3.02. The van der Waals surface area contributed by atoms with Gasteiger partial charge in [0.2, 0.25) is 5.91 Å². The topological polar surface area (TPSA) is 84.9 Å². The average molecular weight is 343 g/mol. The monoisotopic (exact) mass is 343 g/mol. The van der Waals surface area contributed by atoms with Gasteiger partial charge in [-0.1, -0.05) is 18.2 Å². The molecular weight excluding hydrogens is 322 g/mol. The first kappa shape index (κ1) is 18.3. The second-order valence-electron chi connectivity index (χ2n) is 5.42. The van der Waals surface area contributed by atoms with Crippen LogP contribution in [0.1, 0.15) is 27.9 Å². The SMILES string of the molecule is COc1ccc(OC)c(CNC(=O)CCc2ccccc2C(=O)O)c1. The molecule has 0 heterocycles. The molecule has 0 atom stereocenters. The maximum atomic E-state index is 12.1. The molecule has 2 aromatic carbocycles. The van der Waals surface area contributed by atoms with Crippen LogP contribution in [-0.4, -0.2) is 31.2 Å². The van der Waals surface area contributed by atoms with Gasteiger partial charge in [-0.3, -0.25) is 4.79 Å². The van der Waals surface area contributed by atoms with Gasteiger partial charge in [-0.25, -0.2) is 4.79 Å². The summed E-state index contributed by atoms with van der Waals surface area (Å²) in [5.41, 5.74) is 1.68. The summed E-state index contributed by atoms with van der Waals surface area (Å²) in [5.74, 6) is 0.194. The number of ether oxygens (including phenoxy) is 2. The van der Waals surface area contributed by atoms with E-state index in [1.54, 1.807) is 50.6 Å². The van der Waals surface area contributed by atoms with E-state index in [2.05, 4.69) is 5.32 Å². The molecule has 0 bridgehead atoms. The third kappa shape index (κ3) is 4.97. The molecule has 0 unspecified atom stereocenters. The third-order valence-corrected chi connectivity index (χ3v) is 3.83. The Balaban J connectivity index is 1.95. The Morgan fingerprint density at radius 2 is 1.80 bits per heavy atom. The maximum absolute atomic E-state index is 12.1. The van der Waals surface area contributed by atoms with Crippen LogP contribution in [0.2, 0.25) is 0 Å². The molecule has 0 aromatic heterocycles. The van der Waals surface area contributed by atoms with Crippen LogP contribution in [0.3, 0.4) is 0 Å². The molecule has 0 aliphatic heterocycles. The lowest BCUT2D eigenvalue weighted by molar-refractivity contribution is -0.121. The Bertz CT molecular complexity index is 757. The molecule has 6 nitrogen and oxygen atoms in total. The molecule has 0 aliphatic carbocycles. The number of hydrogen-bond acceptors (Lipinski definition) is 4. The van der Waals surface area contributed by atoms with Gasteiger partial charge < -0.3 is 19.9 Å². The van der Waals surface area contributed by atoms with Gasteiger partial charge in [0.15, 0.2) is 0 Å². The lowest BCUT2D eigenvalue weighted by Crippen LogP contribution is -2.23. The van der Waals surface area contributed by atoms with E-state index >= 15 is 0 Å². The van der Waals surface area contributed by atoms with Crippen molar-refractivity contribution in [1.82, 2.24) is 5.32 Å². The van der Waals surface area contributed by atoms with Crippen LogP contribution in [0.15, 0.2) is 42.5 Å². The molecule has 0 saturated heterocycles. The Morgan fingerprint density at radius 1 is 1.04 bits per heavy atom. The first-order chi connectivity index (χ1) is 12.0. The van der Waals surface area contributed by atoms with E-state index in [9.17, 15) is 9.59 Å². The molecular formula is C19H21NO5. The molecule has 0 spiro atoms. The summed E-state index contributed by atoms with van der Waals surface area (Å²) >= 11 is 0. The number of carbonyl (C=O) groups is 2. The highest BCUT2D eigenvalue weighted by molar-refractivity contribution is 5.89. The van der Waals surface area contributed by atoms with Gasteiger partial charge in [-0.2, -0.15) is 0 Å². The number of aryl methyl sites for hydroxylation is 1. The van der Waals surface area contributed by atoms with E-state index in [4.69, 9.17) is 14.6 Å². The zero-order valence-electron chi connectivity index (χ0n) is 14.2. The number of carboxylic acid groups (broad SMARTS) is 1.